The van der Waals surface area contributed by atoms with E-state index >= 15 is 0 Å². The van der Waals surface area contributed by atoms with Gasteiger partial charge in [-0.2, -0.15) is 0 Å². The fourth-order valence-corrected chi connectivity index (χ4v) is 0.698. The molecule has 0 radical (unpaired) electrons. The Balaban J connectivity index is 4.13. The Kier molecular flexibility index (Phi) is 6.45. The van der Waals surface area contributed by atoms with E-state index in [9.17, 15) is 0 Å². The molecule has 0 bridgehead atoms. The van der Waals surface area contributed by atoms with Crippen molar-refractivity contribution < 1.29 is 0 Å². The largest absolute Gasteiger partial charge is 0.332 e. The summed E-state index contributed by atoms with van der Waals surface area (Å²) in [5, 5.41) is 3.68. The predicted molar refractivity (Wildman–Crippen MR) is 59.9 cm³/mol. The average molecular weight is 193 g/mol. The van der Waals surface area contributed by atoms with Crippen LogP contribution in [0.2, 0.25) is 0 Å². The number of hydrogen-bond acceptors (Lipinski definition) is 3. The first-order chi connectivity index (χ1) is 6.61. The third kappa shape index (κ3) is 5.35. The van der Waals surface area contributed by atoms with Crippen molar-refractivity contribution in [3.63, 3.8) is 0 Å². The molecule has 0 aromatic rings. The van der Waals surface area contributed by atoms with E-state index in [4.69, 9.17) is 0 Å². The summed E-state index contributed by atoms with van der Waals surface area (Å²) in [7, 11) is 5.77. The molecule has 14 heavy (non-hydrogen) atoms. The summed E-state index contributed by atoms with van der Waals surface area (Å²) in [4.78, 5) is 2.02. The maximum Gasteiger partial charge on any atom is 0.0374 e. The van der Waals surface area contributed by atoms with Crippen molar-refractivity contribution in [2.45, 2.75) is 13.8 Å². The standard InChI is InChI=1S/C11H19N3/c1-6-14(7-2)11-9-8-10-13(5)12(3)4/h6-7H2,1-5H3. The molecule has 0 heterocycles. The lowest BCUT2D eigenvalue weighted by molar-refractivity contribution is 0.130. The molecule has 0 N–H and O–H groups in total. The van der Waals surface area contributed by atoms with Crippen LogP contribution in [-0.4, -0.2) is 49.2 Å². The molecule has 0 fully saturated rings. The van der Waals surface area contributed by atoms with Crippen molar-refractivity contribution in [2.75, 3.05) is 34.2 Å². The molecule has 0 aliphatic rings. The van der Waals surface area contributed by atoms with Crippen LogP contribution in [0.15, 0.2) is 0 Å². The van der Waals surface area contributed by atoms with Gasteiger partial charge in [0.05, 0.1) is 0 Å². The summed E-state index contributed by atoms with van der Waals surface area (Å²) in [6, 6.07) is 5.87. The van der Waals surface area contributed by atoms with Crippen molar-refractivity contribution in [3.8, 4) is 23.9 Å². The molecule has 3 heteroatoms. The van der Waals surface area contributed by atoms with Crippen LogP contribution in [0, 0.1) is 23.9 Å². The Morgan fingerprint density at radius 3 is 1.79 bits per heavy atom. The second kappa shape index (κ2) is 7.12. The molecule has 0 spiro atoms. The van der Waals surface area contributed by atoms with Crippen molar-refractivity contribution in [1.82, 2.24) is 14.9 Å². The van der Waals surface area contributed by atoms with Crippen molar-refractivity contribution in [1.29, 1.82) is 0 Å². The third-order valence-corrected chi connectivity index (χ3v) is 1.86. The van der Waals surface area contributed by atoms with Crippen LogP contribution in [0.5, 0.6) is 0 Å². The summed E-state index contributed by atoms with van der Waals surface area (Å²) >= 11 is 0. The topological polar surface area (TPSA) is 9.72 Å². The van der Waals surface area contributed by atoms with Crippen LogP contribution in [0.1, 0.15) is 13.8 Å². The highest BCUT2D eigenvalue weighted by Crippen LogP contribution is 1.82. The van der Waals surface area contributed by atoms with Gasteiger partial charge in [-0.25, -0.2) is 5.01 Å². The highest BCUT2D eigenvalue weighted by Gasteiger charge is 1.89. The summed E-state index contributed by atoms with van der Waals surface area (Å²) in [6.07, 6.45) is 0. The first kappa shape index (κ1) is 12.7. The normalized spacial score (nSPS) is 8.43. The van der Waals surface area contributed by atoms with Gasteiger partial charge in [-0.1, -0.05) is 0 Å². The van der Waals surface area contributed by atoms with E-state index in [0.29, 0.717) is 0 Å². The Bertz CT molecular complexity index is 240. The van der Waals surface area contributed by atoms with Crippen LogP contribution in [0.4, 0.5) is 0 Å². The summed E-state index contributed by atoms with van der Waals surface area (Å²) in [6.45, 7) is 6.04. The van der Waals surface area contributed by atoms with E-state index in [1.54, 1.807) is 5.01 Å². The molecule has 0 aliphatic heterocycles. The Hall–Kier alpha value is -1.32. The molecule has 0 rings (SSSR count). The maximum atomic E-state index is 2.98. The fraction of sp³-hybridized carbons (Fsp3) is 0.636. The summed E-state index contributed by atoms with van der Waals surface area (Å²) in [5.41, 5.74) is 0. The van der Waals surface area contributed by atoms with Gasteiger partial charge in [0, 0.05) is 58.2 Å². The zero-order chi connectivity index (χ0) is 11.0. The van der Waals surface area contributed by atoms with Gasteiger partial charge >= 0.3 is 0 Å². The molecule has 0 atom stereocenters. The van der Waals surface area contributed by atoms with Crippen molar-refractivity contribution in [3.05, 3.63) is 0 Å². The number of nitrogens with zero attached hydrogens (tertiary/aromatic N) is 3. The van der Waals surface area contributed by atoms with Crippen LogP contribution in [0.3, 0.4) is 0 Å². The Labute approximate surface area is 87.6 Å². The number of rotatable bonds is 3. The Morgan fingerprint density at radius 1 is 0.857 bits per heavy atom. The smallest absolute Gasteiger partial charge is 0.0374 e. The number of hydrazine groups is 1. The summed E-state index contributed by atoms with van der Waals surface area (Å²) < 4.78 is 0. The molecule has 0 saturated carbocycles. The maximum absolute atomic E-state index is 2.98. The average Bonchev–Trinajstić information content (AvgIpc) is 2.17. The molecule has 0 amide bonds. The van der Waals surface area contributed by atoms with E-state index in [2.05, 4.69) is 37.8 Å². The third-order valence-electron chi connectivity index (χ3n) is 1.86. The number of hydrogen-bond donors (Lipinski definition) is 0. The van der Waals surface area contributed by atoms with E-state index in [0.717, 1.165) is 13.1 Å². The minimum atomic E-state index is 0.939. The highest BCUT2D eigenvalue weighted by atomic mass is 15.6. The quantitative estimate of drug-likeness (QED) is 0.370. The summed E-state index contributed by atoms with van der Waals surface area (Å²) in [5.74, 6) is 5.62. The molecule has 78 valence electrons. The molecule has 3 nitrogen and oxygen atoms in total. The van der Waals surface area contributed by atoms with Gasteiger partial charge in [0.25, 0.3) is 0 Å². The van der Waals surface area contributed by atoms with Gasteiger partial charge in [-0.15, -0.1) is 0 Å². The van der Waals surface area contributed by atoms with Gasteiger partial charge in [0.2, 0.25) is 0 Å². The van der Waals surface area contributed by atoms with Gasteiger partial charge in [0.15, 0.2) is 0 Å². The Morgan fingerprint density at radius 2 is 1.36 bits per heavy atom. The van der Waals surface area contributed by atoms with Crippen molar-refractivity contribution >= 4 is 0 Å². The second-order valence-electron chi connectivity index (χ2n) is 3.02. The molecule has 0 aromatic heterocycles. The van der Waals surface area contributed by atoms with Gasteiger partial charge in [-0.05, 0) is 13.8 Å². The zero-order valence-electron chi connectivity index (χ0n) is 9.76. The second-order valence-corrected chi connectivity index (χ2v) is 3.02. The van der Waals surface area contributed by atoms with Crippen molar-refractivity contribution in [2.24, 2.45) is 0 Å². The van der Waals surface area contributed by atoms with Gasteiger partial charge in [0.1, 0.15) is 0 Å². The van der Waals surface area contributed by atoms with Crippen LogP contribution < -0.4 is 0 Å². The lowest BCUT2D eigenvalue weighted by atomic mass is 10.5. The minimum absolute atomic E-state index is 0.939. The first-order valence-corrected chi connectivity index (χ1v) is 4.79. The molecular weight excluding hydrogens is 174 g/mol. The monoisotopic (exact) mass is 193 g/mol. The highest BCUT2D eigenvalue weighted by molar-refractivity contribution is 5.24. The zero-order valence-corrected chi connectivity index (χ0v) is 9.76. The molecular formula is C11H19N3. The lowest BCUT2D eigenvalue weighted by Gasteiger charge is -2.18. The van der Waals surface area contributed by atoms with E-state index in [1.165, 1.54) is 0 Å². The first-order valence-electron chi connectivity index (χ1n) is 4.79. The predicted octanol–water partition coefficient (Wildman–Crippen LogP) is 0.658. The fourth-order valence-electron chi connectivity index (χ4n) is 0.698. The van der Waals surface area contributed by atoms with E-state index in [-0.39, 0.29) is 0 Å². The van der Waals surface area contributed by atoms with Gasteiger partial charge in [-0.3, -0.25) is 5.01 Å². The molecule has 0 unspecified atom stereocenters. The molecule has 0 saturated heterocycles. The van der Waals surface area contributed by atoms with E-state index < -0.39 is 0 Å². The molecule has 0 aromatic carbocycles. The molecule has 0 aliphatic carbocycles. The lowest BCUT2D eigenvalue weighted by Crippen LogP contribution is -2.28. The van der Waals surface area contributed by atoms with Crippen LogP contribution in [-0.2, 0) is 0 Å². The van der Waals surface area contributed by atoms with Crippen LogP contribution in [0.25, 0.3) is 0 Å². The van der Waals surface area contributed by atoms with Gasteiger partial charge < -0.3 is 4.90 Å². The van der Waals surface area contributed by atoms with Crippen LogP contribution >= 0.6 is 0 Å². The SMILES string of the molecule is CCN(C#CC#CN(C)N(C)C)CC. The van der Waals surface area contributed by atoms with E-state index in [1.807, 2.05) is 31.1 Å². The minimum Gasteiger partial charge on any atom is -0.332 e.